The predicted octanol–water partition coefficient (Wildman–Crippen LogP) is 1.04. The van der Waals surface area contributed by atoms with Crippen LogP contribution in [0.3, 0.4) is 0 Å². The lowest BCUT2D eigenvalue weighted by Gasteiger charge is -2.03. The predicted molar refractivity (Wildman–Crippen MR) is 64.6 cm³/mol. The van der Waals surface area contributed by atoms with Crippen LogP contribution < -0.4 is 5.32 Å². The molecule has 8 nitrogen and oxygen atoms in total. The lowest BCUT2D eigenvalue weighted by atomic mass is 10.7. The van der Waals surface area contributed by atoms with E-state index in [2.05, 4.69) is 35.8 Å². The lowest BCUT2D eigenvalue weighted by molar-refractivity contribution is 0.565. The third-order valence-electron chi connectivity index (χ3n) is 2.35. The molecule has 18 heavy (non-hydrogen) atoms. The van der Waals surface area contributed by atoms with E-state index in [-0.39, 0.29) is 5.28 Å². The number of hydrogen-bond acceptors (Lipinski definition) is 8. The van der Waals surface area contributed by atoms with Gasteiger partial charge in [0.2, 0.25) is 21.5 Å². The van der Waals surface area contributed by atoms with E-state index in [1.807, 2.05) is 0 Å². The van der Waals surface area contributed by atoms with Crippen molar-refractivity contribution in [2.75, 3.05) is 12.4 Å². The van der Waals surface area contributed by atoms with Gasteiger partial charge in [-0.05, 0) is 46.6 Å². The van der Waals surface area contributed by atoms with Gasteiger partial charge in [0, 0.05) is 7.05 Å². The molecule has 94 valence electrons. The fourth-order valence-electron chi connectivity index (χ4n) is 1.37. The van der Waals surface area contributed by atoms with Crippen molar-refractivity contribution in [3.63, 3.8) is 0 Å². The largest absolute Gasteiger partial charge is 0.357 e. The zero-order valence-corrected chi connectivity index (χ0v) is 11.0. The van der Waals surface area contributed by atoms with E-state index < -0.39 is 0 Å². The maximum absolute atomic E-state index is 5.81. The van der Waals surface area contributed by atoms with E-state index >= 15 is 0 Å². The molecule has 0 amide bonds. The summed E-state index contributed by atoms with van der Waals surface area (Å²) in [5.74, 6) is 0.419. The molecule has 0 spiro atoms. The summed E-state index contributed by atoms with van der Waals surface area (Å²) in [5, 5.41) is 15.7. The molecule has 1 aliphatic rings. The minimum Gasteiger partial charge on any atom is -0.357 e. The molecule has 0 atom stereocenters. The number of halogens is 1. The Kier molecular flexibility index (Phi) is 3.00. The number of aromatic nitrogens is 7. The molecule has 0 radical (unpaired) electrons. The molecule has 0 saturated heterocycles. The summed E-state index contributed by atoms with van der Waals surface area (Å²) >= 11 is 7.08. The maximum Gasteiger partial charge on any atom is 0.228 e. The second kappa shape index (κ2) is 4.65. The van der Waals surface area contributed by atoms with E-state index in [0.29, 0.717) is 22.3 Å². The highest BCUT2D eigenvalue weighted by atomic mass is 35.5. The smallest absolute Gasteiger partial charge is 0.228 e. The lowest BCUT2D eigenvalue weighted by Crippen LogP contribution is -2.02. The van der Waals surface area contributed by atoms with Crippen LogP contribution in [0.4, 0.5) is 5.95 Å². The second-order valence-corrected chi connectivity index (χ2v) is 4.97. The van der Waals surface area contributed by atoms with Crippen LogP contribution in [0, 0.1) is 0 Å². The number of hydrogen-bond donors (Lipinski definition) is 1. The van der Waals surface area contributed by atoms with Crippen molar-refractivity contribution in [3.05, 3.63) is 5.28 Å². The number of nitrogens with zero attached hydrogens (tertiary/aromatic N) is 7. The van der Waals surface area contributed by atoms with Crippen molar-refractivity contribution in [2.24, 2.45) is 0 Å². The number of tetrazole rings is 1. The van der Waals surface area contributed by atoms with Gasteiger partial charge in [-0.15, -0.1) is 5.10 Å². The van der Waals surface area contributed by atoms with Crippen LogP contribution >= 0.6 is 23.4 Å². The highest BCUT2D eigenvalue weighted by molar-refractivity contribution is 7.99. The molecule has 1 N–H and O–H groups in total. The van der Waals surface area contributed by atoms with E-state index in [0.717, 1.165) is 12.8 Å². The zero-order valence-electron chi connectivity index (χ0n) is 9.41. The summed E-state index contributed by atoms with van der Waals surface area (Å²) in [5.41, 5.74) is 0. The highest BCUT2D eigenvalue weighted by Gasteiger charge is 2.28. The Labute approximate surface area is 112 Å². The summed E-state index contributed by atoms with van der Waals surface area (Å²) in [6.45, 7) is 0. The summed E-state index contributed by atoms with van der Waals surface area (Å²) in [7, 11) is 1.72. The van der Waals surface area contributed by atoms with Gasteiger partial charge >= 0.3 is 0 Å². The number of rotatable bonds is 4. The van der Waals surface area contributed by atoms with Gasteiger partial charge < -0.3 is 5.32 Å². The molecule has 1 saturated carbocycles. The van der Waals surface area contributed by atoms with Crippen molar-refractivity contribution >= 4 is 29.3 Å². The topological polar surface area (TPSA) is 94.3 Å². The second-order valence-electron chi connectivity index (χ2n) is 3.70. The van der Waals surface area contributed by atoms with Gasteiger partial charge in [-0.25, -0.2) is 4.68 Å². The molecule has 2 aromatic heterocycles. The molecular formula is C8H9ClN8S. The van der Waals surface area contributed by atoms with Crippen molar-refractivity contribution < 1.29 is 0 Å². The molecule has 1 aliphatic carbocycles. The van der Waals surface area contributed by atoms with E-state index in [1.165, 1.54) is 11.8 Å². The fourth-order valence-corrected chi connectivity index (χ4v) is 2.37. The van der Waals surface area contributed by atoms with Crippen molar-refractivity contribution in [1.29, 1.82) is 0 Å². The van der Waals surface area contributed by atoms with E-state index in [4.69, 9.17) is 11.6 Å². The highest BCUT2D eigenvalue weighted by Crippen LogP contribution is 2.37. The van der Waals surface area contributed by atoms with Gasteiger partial charge in [0.1, 0.15) is 0 Å². The van der Waals surface area contributed by atoms with Crippen LogP contribution in [0.1, 0.15) is 18.9 Å². The number of nitrogens with one attached hydrogen (secondary N) is 1. The van der Waals surface area contributed by atoms with E-state index in [1.54, 1.807) is 11.7 Å². The van der Waals surface area contributed by atoms with Crippen molar-refractivity contribution in [2.45, 2.75) is 29.2 Å². The van der Waals surface area contributed by atoms with Crippen LogP contribution in [0.5, 0.6) is 0 Å². The van der Waals surface area contributed by atoms with Crippen molar-refractivity contribution in [3.8, 4) is 0 Å². The minimum atomic E-state index is 0.141. The Morgan fingerprint density at radius 3 is 2.89 bits per heavy atom. The average Bonchev–Trinajstić information content (AvgIpc) is 3.10. The Balaban J connectivity index is 1.87. The monoisotopic (exact) mass is 284 g/mol. The van der Waals surface area contributed by atoms with Gasteiger partial charge in [0.25, 0.3) is 0 Å². The maximum atomic E-state index is 5.81. The average molecular weight is 285 g/mol. The fraction of sp³-hybridized carbons (Fsp3) is 0.500. The summed E-state index contributed by atoms with van der Waals surface area (Å²) in [6.07, 6.45) is 2.22. The third-order valence-corrected chi connectivity index (χ3v) is 3.33. The first-order valence-corrected chi connectivity index (χ1v) is 6.51. The normalized spacial score (nSPS) is 14.8. The van der Waals surface area contributed by atoms with Gasteiger partial charge in [0.15, 0.2) is 0 Å². The molecule has 0 aromatic carbocycles. The van der Waals surface area contributed by atoms with Crippen LogP contribution in [0.2, 0.25) is 5.28 Å². The van der Waals surface area contributed by atoms with Crippen LogP contribution in [0.25, 0.3) is 0 Å². The SMILES string of the molecule is CNc1nc(Cl)nc(Sc2nnnn2C2CC2)n1. The molecule has 1 fully saturated rings. The molecule has 0 unspecified atom stereocenters. The first-order chi connectivity index (χ1) is 8.76. The first-order valence-electron chi connectivity index (χ1n) is 5.31. The number of anilines is 1. The van der Waals surface area contributed by atoms with Gasteiger partial charge in [-0.2, -0.15) is 15.0 Å². The first kappa shape index (κ1) is 11.6. The quantitative estimate of drug-likeness (QED) is 0.890. The van der Waals surface area contributed by atoms with Crippen LogP contribution in [-0.2, 0) is 0 Å². The van der Waals surface area contributed by atoms with E-state index in [9.17, 15) is 0 Å². The summed E-state index contributed by atoms with van der Waals surface area (Å²) in [4.78, 5) is 12.1. The molecule has 2 aromatic rings. The van der Waals surface area contributed by atoms with Crippen LogP contribution in [0.15, 0.2) is 10.3 Å². The summed E-state index contributed by atoms with van der Waals surface area (Å²) in [6, 6.07) is 0.406. The van der Waals surface area contributed by atoms with Crippen molar-refractivity contribution in [1.82, 2.24) is 35.2 Å². The standard InChI is InChI=1S/C8H9ClN8S/c1-10-6-11-5(9)12-7(13-6)18-8-14-15-16-17(8)4-2-3-4/h4H,2-3H2,1H3,(H,10,11,12,13). The minimum absolute atomic E-state index is 0.141. The Hall–Kier alpha value is -1.48. The molecule has 2 heterocycles. The van der Waals surface area contributed by atoms with Gasteiger partial charge in [-0.3, -0.25) is 0 Å². The Morgan fingerprint density at radius 2 is 2.17 bits per heavy atom. The van der Waals surface area contributed by atoms with Gasteiger partial charge in [-0.1, -0.05) is 0 Å². The Morgan fingerprint density at radius 1 is 1.33 bits per heavy atom. The summed E-state index contributed by atoms with van der Waals surface area (Å²) < 4.78 is 1.79. The molecule has 10 heteroatoms. The van der Waals surface area contributed by atoms with Crippen LogP contribution in [-0.4, -0.2) is 42.2 Å². The third kappa shape index (κ3) is 2.36. The Bertz CT molecular complexity index is 568. The zero-order chi connectivity index (χ0) is 12.5. The molecule has 3 rings (SSSR count). The molecule has 0 bridgehead atoms. The van der Waals surface area contributed by atoms with Gasteiger partial charge in [0.05, 0.1) is 6.04 Å². The molecule has 0 aliphatic heterocycles. The molecular weight excluding hydrogens is 276 g/mol.